The molecule has 0 aliphatic carbocycles. The zero-order valence-electron chi connectivity index (χ0n) is 12.4. The normalized spacial score (nSPS) is 23.0. The number of hydrogen-bond donors (Lipinski definition) is 2. The highest BCUT2D eigenvalue weighted by molar-refractivity contribution is 7.10. The van der Waals surface area contributed by atoms with Gasteiger partial charge < -0.3 is 15.3 Å². The van der Waals surface area contributed by atoms with Crippen LogP contribution in [0.2, 0.25) is 0 Å². The van der Waals surface area contributed by atoms with E-state index in [0.717, 1.165) is 17.7 Å². The highest BCUT2D eigenvalue weighted by atomic mass is 32.1. The summed E-state index contributed by atoms with van der Waals surface area (Å²) in [4.78, 5) is 26.3. The van der Waals surface area contributed by atoms with E-state index in [1.165, 1.54) is 0 Å². The molecule has 1 aromatic heterocycles. The maximum Gasteiger partial charge on any atom is 0.317 e. The van der Waals surface area contributed by atoms with Gasteiger partial charge in [0.1, 0.15) is 0 Å². The van der Waals surface area contributed by atoms with Gasteiger partial charge in [-0.05, 0) is 23.8 Å². The number of carboxylic acid groups (broad SMARTS) is 1. The van der Waals surface area contributed by atoms with Crippen LogP contribution >= 0.6 is 11.3 Å². The summed E-state index contributed by atoms with van der Waals surface area (Å²) in [6.07, 6.45) is 1.87. The molecule has 116 valence electrons. The van der Waals surface area contributed by atoms with Crippen molar-refractivity contribution in [1.29, 1.82) is 0 Å². The largest absolute Gasteiger partial charge is 0.481 e. The van der Waals surface area contributed by atoms with Crippen molar-refractivity contribution < 1.29 is 14.7 Å². The summed E-state index contributed by atoms with van der Waals surface area (Å²) in [5.41, 5.74) is 0. The summed E-state index contributed by atoms with van der Waals surface area (Å²) in [6, 6.07) is 3.87. The van der Waals surface area contributed by atoms with Crippen LogP contribution in [0.15, 0.2) is 17.5 Å². The molecule has 2 amide bonds. The number of likely N-dealkylation sites (tertiary alicyclic amines) is 1. The summed E-state index contributed by atoms with van der Waals surface area (Å²) in [6.45, 7) is 4.78. The van der Waals surface area contributed by atoms with Gasteiger partial charge in [0, 0.05) is 18.0 Å². The van der Waals surface area contributed by atoms with Crippen LogP contribution < -0.4 is 5.32 Å². The second-order valence-corrected chi connectivity index (χ2v) is 6.61. The van der Waals surface area contributed by atoms with E-state index in [1.807, 2.05) is 24.4 Å². The van der Waals surface area contributed by atoms with Crippen molar-refractivity contribution in [2.24, 2.45) is 11.8 Å². The van der Waals surface area contributed by atoms with Gasteiger partial charge in [0.15, 0.2) is 0 Å². The molecule has 0 saturated carbocycles. The minimum Gasteiger partial charge on any atom is -0.481 e. The maximum atomic E-state index is 12.4. The highest BCUT2D eigenvalue weighted by Gasteiger charge is 2.37. The standard InChI is InChI=1S/C15H22N2O3S/c1-3-5-12(13-6-4-7-21-13)16-15(20)17-8-10(2)11(9-17)14(18)19/h4,6-7,10-12H,3,5,8-9H2,1-2H3,(H,16,20)(H,18,19). The van der Waals surface area contributed by atoms with Gasteiger partial charge in [-0.3, -0.25) is 4.79 Å². The lowest BCUT2D eigenvalue weighted by molar-refractivity contribution is -0.142. The van der Waals surface area contributed by atoms with Crippen LogP contribution in [0.4, 0.5) is 4.79 Å². The van der Waals surface area contributed by atoms with Crippen LogP contribution in [0.3, 0.4) is 0 Å². The molecule has 0 aromatic carbocycles. The monoisotopic (exact) mass is 310 g/mol. The Morgan fingerprint density at radius 3 is 2.81 bits per heavy atom. The highest BCUT2D eigenvalue weighted by Crippen LogP contribution is 2.26. The van der Waals surface area contributed by atoms with Gasteiger partial charge in [-0.25, -0.2) is 4.79 Å². The maximum absolute atomic E-state index is 12.4. The summed E-state index contributed by atoms with van der Waals surface area (Å²) in [7, 11) is 0. The van der Waals surface area contributed by atoms with Crippen molar-refractivity contribution >= 4 is 23.3 Å². The van der Waals surface area contributed by atoms with Crippen molar-refractivity contribution in [2.75, 3.05) is 13.1 Å². The quantitative estimate of drug-likeness (QED) is 0.878. The Morgan fingerprint density at radius 1 is 1.52 bits per heavy atom. The zero-order valence-corrected chi connectivity index (χ0v) is 13.2. The third-order valence-corrected chi connectivity index (χ3v) is 4.96. The molecule has 1 aliphatic rings. The van der Waals surface area contributed by atoms with Crippen LogP contribution in [-0.2, 0) is 4.79 Å². The molecule has 1 fully saturated rings. The summed E-state index contributed by atoms with van der Waals surface area (Å²) in [5, 5.41) is 14.2. The number of aliphatic carboxylic acids is 1. The predicted octanol–water partition coefficient (Wildman–Crippen LogP) is 2.95. The molecule has 0 bridgehead atoms. The topological polar surface area (TPSA) is 69.6 Å². The predicted molar refractivity (Wildman–Crippen MR) is 82.4 cm³/mol. The Balaban J connectivity index is 1.98. The van der Waals surface area contributed by atoms with E-state index >= 15 is 0 Å². The fraction of sp³-hybridized carbons (Fsp3) is 0.600. The average molecular weight is 310 g/mol. The number of amides is 2. The lowest BCUT2D eigenvalue weighted by Gasteiger charge is -2.22. The van der Waals surface area contributed by atoms with E-state index in [1.54, 1.807) is 16.2 Å². The van der Waals surface area contributed by atoms with Gasteiger partial charge in [0.2, 0.25) is 0 Å². The SMILES string of the molecule is CCCC(NC(=O)N1CC(C)C(C(=O)O)C1)c1cccs1. The number of rotatable bonds is 5. The first-order valence-corrected chi connectivity index (χ1v) is 8.22. The van der Waals surface area contributed by atoms with E-state index in [4.69, 9.17) is 5.11 Å². The fourth-order valence-corrected chi connectivity index (χ4v) is 3.57. The molecule has 3 unspecified atom stereocenters. The molecule has 5 nitrogen and oxygen atoms in total. The van der Waals surface area contributed by atoms with Crippen molar-refractivity contribution in [3.8, 4) is 0 Å². The van der Waals surface area contributed by atoms with Crippen LogP contribution in [0, 0.1) is 11.8 Å². The molecule has 1 aromatic rings. The molecule has 21 heavy (non-hydrogen) atoms. The van der Waals surface area contributed by atoms with E-state index in [-0.39, 0.29) is 18.0 Å². The molecule has 2 N–H and O–H groups in total. The van der Waals surface area contributed by atoms with E-state index in [0.29, 0.717) is 13.1 Å². The number of carbonyl (C=O) groups excluding carboxylic acids is 1. The molecule has 3 atom stereocenters. The second kappa shape index (κ2) is 6.93. The smallest absolute Gasteiger partial charge is 0.317 e. The van der Waals surface area contributed by atoms with Gasteiger partial charge >= 0.3 is 12.0 Å². The first-order valence-electron chi connectivity index (χ1n) is 7.34. The lowest BCUT2D eigenvalue weighted by atomic mass is 9.99. The summed E-state index contributed by atoms with van der Waals surface area (Å²) < 4.78 is 0. The molecular weight excluding hydrogens is 288 g/mol. The molecule has 0 radical (unpaired) electrons. The molecular formula is C15H22N2O3S. The number of carboxylic acids is 1. The Kier molecular flexibility index (Phi) is 5.22. The fourth-order valence-electron chi connectivity index (χ4n) is 2.76. The van der Waals surface area contributed by atoms with Gasteiger partial charge in [-0.1, -0.05) is 26.3 Å². The molecule has 1 aliphatic heterocycles. The number of nitrogens with zero attached hydrogens (tertiary/aromatic N) is 1. The molecule has 2 heterocycles. The van der Waals surface area contributed by atoms with Gasteiger partial charge in [-0.2, -0.15) is 0 Å². The average Bonchev–Trinajstić information content (AvgIpc) is 3.07. The Hall–Kier alpha value is -1.56. The Morgan fingerprint density at radius 2 is 2.29 bits per heavy atom. The molecule has 1 saturated heterocycles. The number of carbonyl (C=O) groups is 2. The van der Waals surface area contributed by atoms with E-state index in [2.05, 4.69) is 12.2 Å². The minimum atomic E-state index is -0.818. The van der Waals surface area contributed by atoms with Crippen molar-refractivity contribution in [3.05, 3.63) is 22.4 Å². The van der Waals surface area contributed by atoms with Gasteiger partial charge in [0.05, 0.1) is 12.0 Å². The first kappa shape index (κ1) is 15.8. The Labute approximate surface area is 129 Å². The minimum absolute atomic E-state index is 0.000358. The third-order valence-electron chi connectivity index (χ3n) is 3.98. The molecule has 0 spiro atoms. The lowest BCUT2D eigenvalue weighted by Crippen LogP contribution is -2.40. The van der Waals surface area contributed by atoms with Crippen molar-refractivity contribution in [1.82, 2.24) is 10.2 Å². The number of hydrogen-bond acceptors (Lipinski definition) is 3. The van der Waals surface area contributed by atoms with Gasteiger partial charge in [-0.15, -0.1) is 11.3 Å². The van der Waals surface area contributed by atoms with Crippen LogP contribution in [-0.4, -0.2) is 35.1 Å². The van der Waals surface area contributed by atoms with Crippen LogP contribution in [0.5, 0.6) is 0 Å². The summed E-state index contributed by atoms with van der Waals surface area (Å²) in [5.74, 6) is -1.28. The number of urea groups is 1. The number of thiophene rings is 1. The Bertz CT molecular complexity index is 489. The molecule has 6 heteroatoms. The number of nitrogens with one attached hydrogen (secondary N) is 1. The van der Waals surface area contributed by atoms with Crippen LogP contribution in [0.1, 0.15) is 37.6 Å². The van der Waals surface area contributed by atoms with Crippen LogP contribution in [0.25, 0.3) is 0 Å². The zero-order chi connectivity index (χ0) is 15.4. The second-order valence-electron chi connectivity index (χ2n) is 5.63. The molecule has 2 rings (SSSR count). The third kappa shape index (κ3) is 3.75. The van der Waals surface area contributed by atoms with E-state index < -0.39 is 11.9 Å². The van der Waals surface area contributed by atoms with E-state index in [9.17, 15) is 9.59 Å². The van der Waals surface area contributed by atoms with Crippen molar-refractivity contribution in [2.45, 2.75) is 32.7 Å². The van der Waals surface area contributed by atoms with Gasteiger partial charge in [0.25, 0.3) is 0 Å². The first-order chi connectivity index (χ1) is 10.0. The van der Waals surface area contributed by atoms with Crippen molar-refractivity contribution in [3.63, 3.8) is 0 Å². The summed E-state index contributed by atoms with van der Waals surface area (Å²) >= 11 is 1.63.